The van der Waals surface area contributed by atoms with E-state index in [1.807, 2.05) is 36.4 Å². The zero-order valence-electron chi connectivity index (χ0n) is 12.7. The van der Waals surface area contributed by atoms with Crippen LogP contribution >= 0.6 is 0 Å². The van der Waals surface area contributed by atoms with Crippen LogP contribution in [0.15, 0.2) is 54.6 Å². The Morgan fingerprint density at radius 3 is 2.57 bits per heavy atom. The van der Waals surface area contributed by atoms with E-state index in [-0.39, 0.29) is 5.78 Å². The number of rotatable bonds is 4. The van der Waals surface area contributed by atoms with Crippen molar-refractivity contribution in [2.24, 2.45) is 5.92 Å². The molecule has 1 unspecified atom stereocenters. The average molecular weight is 279 g/mol. The minimum Gasteiger partial charge on any atom is -0.341 e. The van der Waals surface area contributed by atoms with Gasteiger partial charge < -0.3 is 4.57 Å². The highest BCUT2D eigenvalue weighted by Gasteiger charge is 2.29. The minimum absolute atomic E-state index is 0.109. The lowest BCUT2D eigenvalue weighted by Gasteiger charge is -2.16. The normalized spacial score (nSPS) is 17.0. The fourth-order valence-electron chi connectivity index (χ4n) is 3.16. The van der Waals surface area contributed by atoms with E-state index in [0.29, 0.717) is 11.8 Å². The van der Waals surface area contributed by atoms with Gasteiger partial charge in [0.1, 0.15) is 0 Å². The van der Waals surface area contributed by atoms with Gasteiger partial charge in [0.2, 0.25) is 5.78 Å². The summed E-state index contributed by atoms with van der Waals surface area (Å²) in [5.41, 5.74) is 4.07. The Labute approximate surface area is 126 Å². The molecule has 1 aliphatic rings. The van der Waals surface area contributed by atoms with E-state index in [2.05, 4.69) is 31.1 Å². The predicted molar refractivity (Wildman–Crippen MR) is 85.6 cm³/mol. The summed E-state index contributed by atoms with van der Waals surface area (Å²) < 4.78 is 2.17. The summed E-state index contributed by atoms with van der Waals surface area (Å²) in [4.78, 5) is 12.6. The van der Waals surface area contributed by atoms with Crippen molar-refractivity contribution in [2.45, 2.75) is 32.7 Å². The monoisotopic (exact) mass is 279 g/mol. The first kappa shape index (κ1) is 13.9. The topological polar surface area (TPSA) is 22.0 Å². The highest BCUT2D eigenvalue weighted by atomic mass is 16.1. The van der Waals surface area contributed by atoms with Crippen LogP contribution in [-0.2, 0) is 6.54 Å². The Morgan fingerprint density at radius 2 is 1.90 bits per heavy atom. The van der Waals surface area contributed by atoms with Crippen LogP contribution in [0, 0.1) is 5.92 Å². The molecular formula is C19H21NO. The molecule has 1 aromatic heterocycles. The van der Waals surface area contributed by atoms with Crippen molar-refractivity contribution >= 4 is 5.78 Å². The van der Waals surface area contributed by atoms with Crippen molar-refractivity contribution in [3.8, 4) is 0 Å². The highest BCUT2D eigenvalue weighted by molar-refractivity contribution is 6.08. The lowest BCUT2D eigenvalue weighted by atomic mass is 9.88. The van der Waals surface area contributed by atoms with Gasteiger partial charge in [-0.15, -0.1) is 0 Å². The number of carbonyl (C=O) groups is 1. The molecule has 1 aromatic carbocycles. The van der Waals surface area contributed by atoms with Crippen LogP contribution in [0.2, 0.25) is 0 Å². The zero-order valence-corrected chi connectivity index (χ0v) is 12.7. The van der Waals surface area contributed by atoms with E-state index in [0.717, 1.165) is 24.2 Å². The van der Waals surface area contributed by atoms with Gasteiger partial charge in [-0.2, -0.15) is 0 Å². The highest BCUT2D eigenvalue weighted by Crippen LogP contribution is 2.38. The summed E-state index contributed by atoms with van der Waals surface area (Å²) in [7, 11) is 0. The molecule has 0 amide bonds. The number of nitrogens with zero attached hydrogens (tertiary/aromatic N) is 1. The molecule has 2 aromatic rings. The number of carbonyl (C=O) groups excluding carboxylic acids is 1. The number of fused-ring (bicyclic) bond motifs is 1. The van der Waals surface area contributed by atoms with Crippen molar-refractivity contribution in [3.63, 3.8) is 0 Å². The van der Waals surface area contributed by atoms with Crippen LogP contribution in [0.5, 0.6) is 0 Å². The summed E-state index contributed by atoms with van der Waals surface area (Å²) in [6.07, 6.45) is 1.06. The molecule has 2 nitrogen and oxygen atoms in total. The second kappa shape index (κ2) is 5.36. The van der Waals surface area contributed by atoms with Gasteiger partial charge in [-0.05, 0) is 24.5 Å². The van der Waals surface area contributed by atoms with E-state index in [1.54, 1.807) is 0 Å². The maximum atomic E-state index is 12.6. The predicted octanol–water partition coefficient (Wildman–Crippen LogP) is 4.42. The molecule has 3 rings (SSSR count). The Kier molecular flexibility index (Phi) is 3.54. The molecule has 0 spiro atoms. The molecular weight excluding hydrogens is 258 g/mol. The molecule has 21 heavy (non-hydrogen) atoms. The van der Waals surface area contributed by atoms with E-state index < -0.39 is 0 Å². The van der Waals surface area contributed by atoms with Crippen molar-refractivity contribution in [2.75, 3.05) is 0 Å². The number of hydrogen-bond acceptors (Lipinski definition) is 1. The van der Waals surface area contributed by atoms with Gasteiger partial charge in [0, 0.05) is 23.7 Å². The molecule has 0 aliphatic carbocycles. The van der Waals surface area contributed by atoms with Crippen LogP contribution < -0.4 is 0 Å². The van der Waals surface area contributed by atoms with Crippen molar-refractivity contribution < 1.29 is 4.79 Å². The third-order valence-corrected chi connectivity index (χ3v) is 4.47. The molecule has 0 bridgehead atoms. The van der Waals surface area contributed by atoms with Crippen LogP contribution in [0.25, 0.3) is 0 Å². The van der Waals surface area contributed by atoms with Crippen molar-refractivity contribution in [1.29, 1.82) is 0 Å². The summed E-state index contributed by atoms with van der Waals surface area (Å²) in [6.45, 7) is 9.53. The van der Waals surface area contributed by atoms with Crippen LogP contribution in [0.4, 0.5) is 0 Å². The maximum Gasteiger partial charge on any atom is 0.209 e. The summed E-state index contributed by atoms with van der Waals surface area (Å²) in [5, 5.41) is 0. The Balaban J connectivity index is 1.94. The molecule has 0 radical (unpaired) electrons. The lowest BCUT2D eigenvalue weighted by molar-refractivity contribution is 0.103. The third-order valence-electron chi connectivity index (χ3n) is 4.47. The van der Waals surface area contributed by atoms with Crippen molar-refractivity contribution in [1.82, 2.24) is 4.57 Å². The van der Waals surface area contributed by atoms with Crippen LogP contribution in [0.3, 0.4) is 0 Å². The van der Waals surface area contributed by atoms with Gasteiger partial charge in [-0.3, -0.25) is 4.79 Å². The van der Waals surface area contributed by atoms with E-state index in [1.165, 1.54) is 11.3 Å². The van der Waals surface area contributed by atoms with Gasteiger partial charge in [0.05, 0.1) is 5.69 Å². The van der Waals surface area contributed by atoms with Gasteiger partial charge >= 0.3 is 0 Å². The molecule has 108 valence electrons. The molecule has 0 fully saturated rings. The first-order chi connectivity index (χ1) is 10.1. The summed E-state index contributed by atoms with van der Waals surface area (Å²) in [6, 6.07) is 13.6. The van der Waals surface area contributed by atoms with Gasteiger partial charge in [0.15, 0.2) is 0 Å². The molecule has 1 aliphatic heterocycles. The number of hydrogen-bond donors (Lipinski definition) is 0. The molecule has 2 heterocycles. The van der Waals surface area contributed by atoms with Crippen LogP contribution in [0.1, 0.15) is 47.9 Å². The van der Waals surface area contributed by atoms with Gasteiger partial charge in [-0.25, -0.2) is 0 Å². The average Bonchev–Trinajstić information content (AvgIpc) is 3.08. The second-order valence-corrected chi connectivity index (χ2v) is 6.06. The largest absolute Gasteiger partial charge is 0.341 e. The SMILES string of the molecule is C=C(C(C)C)C1CCn2c(C(=O)c3ccccc3)ccc21. The number of ketones is 1. The summed E-state index contributed by atoms with van der Waals surface area (Å²) in [5.74, 6) is 0.977. The third kappa shape index (κ3) is 2.35. The first-order valence-corrected chi connectivity index (χ1v) is 7.57. The van der Waals surface area contributed by atoms with E-state index in [4.69, 9.17) is 0 Å². The molecule has 0 saturated carbocycles. The molecule has 2 heteroatoms. The van der Waals surface area contributed by atoms with E-state index >= 15 is 0 Å². The second-order valence-electron chi connectivity index (χ2n) is 6.06. The van der Waals surface area contributed by atoms with Gasteiger partial charge in [-0.1, -0.05) is 56.3 Å². The molecule has 0 saturated heterocycles. The number of allylic oxidation sites excluding steroid dienone is 1. The fraction of sp³-hybridized carbons (Fsp3) is 0.316. The Hall–Kier alpha value is -2.09. The summed E-state index contributed by atoms with van der Waals surface area (Å²) >= 11 is 0. The quantitative estimate of drug-likeness (QED) is 0.600. The number of aromatic nitrogens is 1. The standard InChI is InChI=1S/C19H21NO/c1-13(2)14(3)16-11-12-20-17(16)9-10-18(20)19(21)15-7-5-4-6-8-15/h4-10,13,16H,3,11-12H2,1-2H3. The first-order valence-electron chi connectivity index (χ1n) is 7.57. The fourth-order valence-corrected chi connectivity index (χ4v) is 3.16. The Morgan fingerprint density at radius 1 is 1.19 bits per heavy atom. The minimum atomic E-state index is 0.109. The molecule has 0 N–H and O–H groups in total. The van der Waals surface area contributed by atoms with Crippen molar-refractivity contribution in [3.05, 3.63) is 71.6 Å². The smallest absolute Gasteiger partial charge is 0.209 e. The molecule has 1 atom stereocenters. The maximum absolute atomic E-state index is 12.6. The van der Waals surface area contributed by atoms with Crippen LogP contribution in [-0.4, -0.2) is 10.4 Å². The van der Waals surface area contributed by atoms with Gasteiger partial charge in [0.25, 0.3) is 0 Å². The Bertz CT molecular complexity index is 679. The van der Waals surface area contributed by atoms with E-state index in [9.17, 15) is 4.79 Å². The number of benzene rings is 1. The zero-order chi connectivity index (χ0) is 15.0. The lowest BCUT2D eigenvalue weighted by Crippen LogP contribution is -2.09.